The molecule has 0 amide bonds. The number of hydrogen-bond donors (Lipinski definition) is 0. The van der Waals surface area contributed by atoms with E-state index in [0.29, 0.717) is 39.0 Å². The van der Waals surface area contributed by atoms with Crippen molar-refractivity contribution in [3.05, 3.63) is 0 Å². The van der Waals surface area contributed by atoms with Crippen LogP contribution in [0.15, 0.2) is 0 Å². The molecule has 9 heteroatoms. The Morgan fingerprint density at radius 3 is 1.95 bits per heavy atom. The predicted molar refractivity (Wildman–Crippen MR) is 77.4 cm³/mol. The van der Waals surface area contributed by atoms with Crippen molar-refractivity contribution in [2.24, 2.45) is 0 Å². The predicted octanol–water partition coefficient (Wildman–Crippen LogP) is -1.01. The third kappa shape index (κ3) is 3.51. The lowest BCUT2D eigenvalue weighted by atomic mass is 10.1. The highest BCUT2D eigenvalue weighted by Crippen LogP contribution is 2.20. The summed E-state index contributed by atoms with van der Waals surface area (Å²) in [7, 11) is -3.10. The van der Waals surface area contributed by atoms with Crippen LogP contribution in [0.25, 0.3) is 0 Å². The van der Waals surface area contributed by atoms with Crippen LogP contribution < -0.4 is 0 Å². The van der Waals surface area contributed by atoms with Gasteiger partial charge in [-0.3, -0.25) is 4.90 Å². The molecule has 2 rings (SSSR count). The maximum absolute atomic E-state index is 12.0. The minimum atomic E-state index is -3.33. The summed E-state index contributed by atoms with van der Waals surface area (Å²) in [5.74, 6) is 0.516. The van der Waals surface area contributed by atoms with Gasteiger partial charge in [-0.05, 0) is 12.8 Å². The van der Waals surface area contributed by atoms with Crippen LogP contribution in [0.4, 0.5) is 0 Å². The number of rotatable bonds is 3. The van der Waals surface area contributed by atoms with Crippen molar-refractivity contribution in [1.82, 2.24) is 13.5 Å². The van der Waals surface area contributed by atoms with Gasteiger partial charge in [-0.1, -0.05) is 0 Å². The molecule has 0 aromatic rings. The van der Waals surface area contributed by atoms with Crippen LogP contribution in [0.1, 0.15) is 12.8 Å². The summed E-state index contributed by atoms with van der Waals surface area (Å²) < 4.78 is 49.6. The lowest BCUT2D eigenvalue weighted by Crippen LogP contribution is -2.55. The third-order valence-corrected chi connectivity index (χ3v) is 7.76. The Labute approximate surface area is 121 Å². The van der Waals surface area contributed by atoms with E-state index in [0.717, 1.165) is 0 Å². The highest BCUT2D eigenvalue weighted by molar-refractivity contribution is 7.91. The Bertz CT molecular complexity index is 522. The summed E-state index contributed by atoms with van der Waals surface area (Å²) in [5.41, 5.74) is 0. The summed E-state index contributed by atoms with van der Waals surface area (Å²) in [5, 5.41) is 0. The van der Waals surface area contributed by atoms with Gasteiger partial charge >= 0.3 is 0 Å². The maximum atomic E-state index is 12.0. The highest BCUT2D eigenvalue weighted by atomic mass is 32.2. The molecule has 0 aromatic heterocycles. The van der Waals surface area contributed by atoms with Gasteiger partial charge in [0, 0.05) is 46.3 Å². The van der Waals surface area contributed by atoms with E-state index in [1.54, 1.807) is 0 Å². The number of hydrogen-bond acceptors (Lipinski definition) is 5. The molecule has 2 heterocycles. The van der Waals surface area contributed by atoms with E-state index in [4.69, 9.17) is 0 Å². The molecule has 0 aromatic carbocycles. The normalized spacial score (nSPS) is 26.9. The van der Waals surface area contributed by atoms with Crippen LogP contribution in [0.5, 0.6) is 0 Å². The largest absolute Gasteiger partial charge is 0.298 e. The molecule has 0 saturated carbocycles. The Morgan fingerprint density at radius 1 is 1.00 bits per heavy atom. The first-order valence-corrected chi connectivity index (χ1v) is 10.1. The second kappa shape index (κ2) is 5.88. The first-order valence-electron chi connectivity index (χ1n) is 6.84. The summed E-state index contributed by atoms with van der Waals surface area (Å²) in [4.78, 5) is 2.23. The van der Waals surface area contributed by atoms with E-state index < -0.39 is 20.0 Å². The van der Waals surface area contributed by atoms with Crippen molar-refractivity contribution in [3.63, 3.8) is 0 Å². The summed E-state index contributed by atoms with van der Waals surface area (Å²) >= 11 is 0. The monoisotopic (exact) mass is 325 g/mol. The van der Waals surface area contributed by atoms with E-state index in [9.17, 15) is 16.8 Å². The molecule has 0 radical (unpaired) electrons. The van der Waals surface area contributed by atoms with Gasteiger partial charge in [0.2, 0.25) is 0 Å². The Hall–Kier alpha value is -0.220. The molecule has 0 atom stereocenters. The molecule has 0 spiro atoms. The summed E-state index contributed by atoms with van der Waals surface area (Å²) in [6, 6.07) is 0.280. The molecule has 2 aliphatic rings. The third-order valence-electron chi connectivity index (χ3n) is 4.10. The SMILES string of the molecule is CN(C)S(=O)(=O)N1CCN(C2CCS(=O)(=O)CC2)CC1. The minimum Gasteiger partial charge on any atom is -0.298 e. The zero-order valence-electron chi connectivity index (χ0n) is 12.0. The van der Waals surface area contributed by atoms with Gasteiger partial charge in [0.25, 0.3) is 10.2 Å². The topological polar surface area (TPSA) is 78.0 Å². The van der Waals surface area contributed by atoms with E-state index in [1.165, 1.54) is 22.7 Å². The van der Waals surface area contributed by atoms with Crippen LogP contribution in [0, 0.1) is 0 Å². The lowest BCUT2D eigenvalue weighted by molar-refractivity contribution is 0.127. The molecule has 20 heavy (non-hydrogen) atoms. The van der Waals surface area contributed by atoms with E-state index in [2.05, 4.69) is 4.90 Å². The van der Waals surface area contributed by atoms with Gasteiger partial charge in [0.1, 0.15) is 9.84 Å². The average Bonchev–Trinajstić information content (AvgIpc) is 2.38. The van der Waals surface area contributed by atoms with Crippen LogP contribution in [0.3, 0.4) is 0 Å². The van der Waals surface area contributed by atoms with Crippen molar-refractivity contribution in [2.75, 3.05) is 51.8 Å². The fraction of sp³-hybridized carbons (Fsp3) is 1.00. The van der Waals surface area contributed by atoms with Crippen molar-refractivity contribution >= 4 is 20.0 Å². The van der Waals surface area contributed by atoms with E-state index in [-0.39, 0.29) is 17.5 Å². The van der Waals surface area contributed by atoms with Gasteiger partial charge in [-0.2, -0.15) is 17.0 Å². The molecule has 2 fully saturated rings. The Balaban J connectivity index is 1.89. The standard InChI is InChI=1S/C11H23N3O4S2/c1-12(2)20(17,18)14-7-5-13(6-8-14)11-3-9-19(15,16)10-4-11/h11H,3-10H2,1-2H3. The first kappa shape index (κ1) is 16.2. The molecule has 0 unspecified atom stereocenters. The molecule has 2 aliphatic heterocycles. The second-order valence-electron chi connectivity index (χ2n) is 5.61. The smallest absolute Gasteiger partial charge is 0.281 e. The molecule has 0 aliphatic carbocycles. The van der Waals surface area contributed by atoms with Crippen LogP contribution in [-0.2, 0) is 20.0 Å². The van der Waals surface area contributed by atoms with E-state index >= 15 is 0 Å². The average molecular weight is 325 g/mol. The molecule has 0 bridgehead atoms. The van der Waals surface area contributed by atoms with Crippen molar-refractivity contribution in [1.29, 1.82) is 0 Å². The quantitative estimate of drug-likeness (QED) is 0.664. The van der Waals surface area contributed by atoms with Crippen LogP contribution >= 0.6 is 0 Å². The second-order valence-corrected chi connectivity index (χ2v) is 10.1. The van der Waals surface area contributed by atoms with Gasteiger partial charge < -0.3 is 0 Å². The van der Waals surface area contributed by atoms with Crippen molar-refractivity contribution in [3.8, 4) is 0 Å². The first-order chi connectivity index (χ1) is 9.22. The van der Waals surface area contributed by atoms with Crippen LogP contribution in [0.2, 0.25) is 0 Å². The Kier molecular flexibility index (Phi) is 4.75. The fourth-order valence-corrected chi connectivity index (χ4v) is 5.33. The molecule has 0 N–H and O–H groups in total. The van der Waals surface area contributed by atoms with Crippen molar-refractivity contribution in [2.45, 2.75) is 18.9 Å². The zero-order valence-corrected chi connectivity index (χ0v) is 13.7. The molecule has 7 nitrogen and oxygen atoms in total. The number of piperazine rings is 1. The Morgan fingerprint density at radius 2 is 1.50 bits per heavy atom. The molecular formula is C11H23N3O4S2. The zero-order chi connectivity index (χ0) is 15.0. The van der Waals surface area contributed by atoms with Crippen LogP contribution in [-0.4, -0.2) is 88.2 Å². The van der Waals surface area contributed by atoms with Gasteiger partial charge in [0.15, 0.2) is 0 Å². The fourth-order valence-electron chi connectivity index (χ4n) is 2.77. The minimum absolute atomic E-state index is 0.258. The number of sulfone groups is 1. The van der Waals surface area contributed by atoms with Gasteiger partial charge in [0.05, 0.1) is 11.5 Å². The summed E-state index contributed by atoms with van der Waals surface area (Å²) in [6.45, 7) is 2.31. The summed E-state index contributed by atoms with van der Waals surface area (Å²) in [6.07, 6.45) is 1.34. The van der Waals surface area contributed by atoms with Crippen molar-refractivity contribution < 1.29 is 16.8 Å². The van der Waals surface area contributed by atoms with Gasteiger partial charge in [-0.15, -0.1) is 0 Å². The molecule has 118 valence electrons. The van der Waals surface area contributed by atoms with Gasteiger partial charge in [-0.25, -0.2) is 8.42 Å². The van der Waals surface area contributed by atoms with E-state index in [1.807, 2.05) is 0 Å². The highest BCUT2D eigenvalue weighted by Gasteiger charge is 2.33. The lowest BCUT2D eigenvalue weighted by Gasteiger charge is -2.40. The number of nitrogens with zero attached hydrogens (tertiary/aromatic N) is 3. The molecule has 2 saturated heterocycles. The maximum Gasteiger partial charge on any atom is 0.281 e. The molecular weight excluding hydrogens is 302 g/mol.